The molecule has 1 aliphatic heterocycles. The first-order chi connectivity index (χ1) is 22.1. The highest BCUT2D eigenvalue weighted by atomic mass is 19.4. The second-order valence-electron chi connectivity index (χ2n) is 11.8. The molecular formula is C35H29F3N4O4. The average molecular weight is 627 g/mol. The molecule has 3 heterocycles. The zero-order valence-electron chi connectivity index (χ0n) is 24.6. The fourth-order valence-corrected chi connectivity index (χ4v) is 6.12. The number of aromatic nitrogens is 3. The Hall–Kier alpha value is -5.03. The number of H-pyrrole nitrogens is 1. The van der Waals surface area contributed by atoms with Crippen molar-refractivity contribution in [2.24, 2.45) is 0 Å². The summed E-state index contributed by atoms with van der Waals surface area (Å²) >= 11 is 0. The number of oxazole rings is 1. The Morgan fingerprint density at radius 3 is 2.52 bits per heavy atom. The van der Waals surface area contributed by atoms with Gasteiger partial charge in [0.15, 0.2) is 11.9 Å². The van der Waals surface area contributed by atoms with Gasteiger partial charge in [-0.2, -0.15) is 13.2 Å². The number of alkyl halides is 3. The van der Waals surface area contributed by atoms with Gasteiger partial charge in [0, 0.05) is 17.7 Å². The molecule has 1 atom stereocenters. The summed E-state index contributed by atoms with van der Waals surface area (Å²) < 4.78 is 45.7. The number of aromatic amines is 1. The predicted molar refractivity (Wildman–Crippen MR) is 162 cm³/mol. The number of aliphatic hydroxyl groups excluding tert-OH is 1. The molecule has 0 unspecified atom stereocenters. The van der Waals surface area contributed by atoms with Crippen molar-refractivity contribution < 1.29 is 27.5 Å². The monoisotopic (exact) mass is 626 g/mol. The van der Waals surface area contributed by atoms with Crippen LogP contribution in [0.5, 0.6) is 0 Å². The van der Waals surface area contributed by atoms with E-state index in [2.05, 4.69) is 9.97 Å². The van der Waals surface area contributed by atoms with Crippen molar-refractivity contribution in [1.82, 2.24) is 19.9 Å². The van der Waals surface area contributed by atoms with Crippen LogP contribution in [0.4, 0.5) is 13.2 Å². The van der Waals surface area contributed by atoms with Crippen LogP contribution in [0.25, 0.3) is 22.8 Å². The highest BCUT2D eigenvalue weighted by Crippen LogP contribution is 2.52. The summed E-state index contributed by atoms with van der Waals surface area (Å²) in [7, 11) is 0. The third kappa shape index (κ3) is 5.51. The van der Waals surface area contributed by atoms with Crippen molar-refractivity contribution in [1.29, 1.82) is 0 Å². The zero-order chi connectivity index (χ0) is 32.1. The van der Waals surface area contributed by atoms with E-state index < -0.39 is 29.2 Å². The van der Waals surface area contributed by atoms with Crippen LogP contribution in [0, 0.1) is 0 Å². The van der Waals surface area contributed by atoms with E-state index in [1.807, 2.05) is 54.6 Å². The van der Waals surface area contributed by atoms with Gasteiger partial charge in [-0.05, 0) is 67.1 Å². The Bertz CT molecular complexity index is 1980. The summed E-state index contributed by atoms with van der Waals surface area (Å²) in [4.78, 5) is 40.4. The van der Waals surface area contributed by atoms with Gasteiger partial charge in [0.2, 0.25) is 5.89 Å². The topological polar surface area (TPSA) is 112 Å². The highest BCUT2D eigenvalue weighted by Gasteiger charge is 2.49. The van der Waals surface area contributed by atoms with Gasteiger partial charge in [-0.1, -0.05) is 48.5 Å². The summed E-state index contributed by atoms with van der Waals surface area (Å²) in [6.07, 6.45) is -2.23. The molecule has 2 aromatic heterocycles. The predicted octanol–water partition coefficient (Wildman–Crippen LogP) is 6.20. The number of nitrogens with zero attached hydrogens (tertiary/aromatic N) is 3. The van der Waals surface area contributed by atoms with Crippen LogP contribution >= 0.6 is 0 Å². The summed E-state index contributed by atoms with van der Waals surface area (Å²) in [5.74, 6) is 0.930. The van der Waals surface area contributed by atoms with E-state index in [-0.39, 0.29) is 24.2 Å². The van der Waals surface area contributed by atoms with E-state index >= 15 is 0 Å². The number of fused-ring (bicyclic) bond motifs is 1. The largest absolute Gasteiger partial charge is 0.436 e. The molecule has 2 aliphatic rings. The molecule has 0 bridgehead atoms. The Balaban J connectivity index is 1.13. The van der Waals surface area contributed by atoms with E-state index in [1.165, 1.54) is 11.0 Å². The molecule has 1 aliphatic carbocycles. The Morgan fingerprint density at radius 1 is 1.00 bits per heavy atom. The van der Waals surface area contributed by atoms with Gasteiger partial charge in [0.05, 0.1) is 35.0 Å². The average Bonchev–Trinajstić information content (AvgIpc) is 3.79. The van der Waals surface area contributed by atoms with Crippen LogP contribution in [0.2, 0.25) is 0 Å². The minimum absolute atomic E-state index is 0.107. The third-order valence-corrected chi connectivity index (χ3v) is 8.80. The number of hydrogen-bond acceptors (Lipinski definition) is 6. The highest BCUT2D eigenvalue weighted by molar-refractivity contribution is 5.82. The van der Waals surface area contributed by atoms with Crippen molar-refractivity contribution in [3.05, 3.63) is 129 Å². The molecule has 1 amide bonds. The molecule has 1 fully saturated rings. The summed E-state index contributed by atoms with van der Waals surface area (Å²) in [6.45, 7) is 0.111. The van der Waals surface area contributed by atoms with Crippen LogP contribution in [0.3, 0.4) is 0 Å². The van der Waals surface area contributed by atoms with Crippen LogP contribution in [-0.2, 0) is 29.4 Å². The van der Waals surface area contributed by atoms with Gasteiger partial charge >= 0.3 is 6.18 Å². The molecule has 2 N–H and O–H groups in total. The minimum atomic E-state index is -4.61. The Kier molecular flexibility index (Phi) is 7.35. The lowest BCUT2D eigenvalue weighted by atomic mass is 9.92. The molecule has 1 saturated carbocycles. The molecule has 8 nitrogen and oxygen atoms in total. The molecule has 234 valence electrons. The molecule has 5 aromatic rings. The van der Waals surface area contributed by atoms with Crippen LogP contribution < -0.4 is 5.56 Å². The molecule has 11 heteroatoms. The number of rotatable bonds is 6. The van der Waals surface area contributed by atoms with E-state index in [1.54, 1.807) is 6.20 Å². The first kappa shape index (κ1) is 29.7. The minimum Gasteiger partial charge on any atom is -0.436 e. The number of benzene rings is 3. The maximum atomic E-state index is 13.5. The smallest absolute Gasteiger partial charge is 0.416 e. The SMILES string of the molecule is O=C([C@H](O)c1cccc(C(F)(F)F)c1)N1CCCc2nc(C3(c4cccc(-c5cnc(-c6ccccc6)o5)c4)CC3)[nH]c(=O)c2C1. The normalized spacial score (nSPS) is 16.4. The molecule has 7 rings (SSSR count). The van der Waals surface area contributed by atoms with Gasteiger partial charge in [-0.25, -0.2) is 9.97 Å². The third-order valence-electron chi connectivity index (χ3n) is 8.80. The van der Waals surface area contributed by atoms with Crippen molar-refractivity contribution >= 4 is 5.91 Å². The van der Waals surface area contributed by atoms with Crippen molar-refractivity contribution in [2.75, 3.05) is 6.54 Å². The van der Waals surface area contributed by atoms with Crippen molar-refractivity contribution in [2.45, 2.75) is 49.9 Å². The van der Waals surface area contributed by atoms with Gasteiger partial charge in [0.25, 0.3) is 11.5 Å². The van der Waals surface area contributed by atoms with Crippen LogP contribution in [0.1, 0.15) is 59.1 Å². The molecular weight excluding hydrogens is 597 g/mol. The summed E-state index contributed by atoms with van der Waals surface area (Å²) in [5, 5.41) is 10.7. The van der Waals surface area contributed by atoms with Gasteiger partial charge in [0.1, 0.15) is 5.82 Å². The molecule has 3 aromatic carbocycles. The molecule has 0 spiro atoms. The number of amides is 1. The lowest BCUT2D eigenvalue weighted by molar-refractivity contribution is -0.142. The summed E-state index contributed by atoms with van der Waals surface area (Å²) in [5.41, 5.74) is 1.63. The van der Waals surface area contributed by atoms with E-state index in [0.29, 0.717) is 41.6 Å². The summed E-state index contributed by atoms with van der Waals surface area (Å²) in [6, 6.07) is 21.6. The van der Waals surface area contributed by atoms with Crippen LogP contribution in [-0.4, -0.2) is 37.4 Å². The number of nitrogens with one attached hydrogen (secondary N) is 1. The second-order valence-corrected chi connectivity index (χ2v) is 11.8. The number of carbonyl (C=O) groups is 1. The number of carbonyl (C=O) groups excluding carboxylic acids is 1. The van der Waals surface area contributed by atoms with E-state index in [4.69, 9.17) is 9.40 Å². The lowest BCUT2D eigenvalue weighted by Gasteiger charge is -2.24. The first-order valence-electron chi connectivity index (χ1n) is 15.0. The van der Waals surface area contributed by atoms with Gasteiger partial charge < -0.3 is 19.4 Å². The van der Waals surface area contributed by atoms with Crippen molar-refractivity contribution in [3.8, 4) is 22.8 Å². The fraction of sp³-hybridized carbons (Fsp3) is 0.257. The number of hydrogen-bond donors (Lipinski definition) is 2. The van der Waals surface area contributed by atoms with Gasteiger partial charge in [-0.15, -0.1) is 0 Å². The molecule has 0 saturated heterocycles. The lowest BCUT2D eigenvalue weighted by Crippen LogP contribution is -2.36. The maximum absolute atomic E-state index is 13.5. The maximum Gasteiger partial charge on any atom is 0.416 e. The Morgan fingerprint density at radius 2 is 1.76 bits per heavy atom. The molecule has 46 heavy (non-hydrogen) atoms. The number of aryl methyl sites for hydroxylation is 1. The second kappa shape index (κ2) is 11.4. The Labute approximate surface area is 261 Å². The number of halogens is 3. The zero-order valence-corrected chi connectivity index (χ0v) is 24.6. The van der Waals surface area contributed by atoms with Crippen molar-refractivity contribution in [3.63, 3.8) is 0 Å². The number of aliphatic hydroxyl groups is 1. The standard InChI is InChI=1S/C35H29F3N4O4/c36-35(37,38)25-12-5-10-23(18-25)29(43)32(45)42-16-6-13-27-26(20-42)30(44)41-33(40-27)34(14-15-34)24-11-4-9-22(17-24)28-19-39-31(46-28)21-7-2-1-3-8-21/h1-5,7-12,17-19,29,43H,6,13-16,20H2,(H,40,41,44)/t29-/m1/s1. The van der Waals surface area contributed by atoms with Crippen LogP contribution in [0.15, 0.2) is 94.3 Å². The van der Waals surface area contributed by atoms with Gasteiger partial charge in [-0.3, -0.25) is 9.59 Å². The molecule has 0 radical (unpaired) electrons. The van der Waals surface area contributed by atoms with E-state index in [9.17, 15) is 27.9 Å². The quantitative estimate of drug-likeness (QED) is 0.232. The van der Waals surface area contributed by atoms with E-state index in [0.717, 1.165) is 47.7 Å². The first-order valence-corrected chi connectivity index (χ1v) is 15.0. The fourth-order valence-electron chi connectivity index (χ4n) is 6.12.